The number of nitrogen functional groups attached to an aromatic ring is 1. The lowest BCUT2D eigenvalue weighted by molar-refractivity contribution is -0.0117. The first-order valence-electron chi connectivity index (χ1n) is 6.04. The number of carbonyl (C=O) groups is 1. The van der Waals surface area contributed by atoms with Crippen molar-refractivity contribution >= 4 is 17.3 Å². The highest BCUT2D eigenvalue weighted by Gasteiger charge is 2.36. The first-order valence-corrected chi connectivity index (χ1v) is 6.04. The van der Waals surface area contributed by atoms with Crippen LogP contribution in [0.5, 0.6) is 0 Å². The summed E-state index contributed by atoms with van der Waals surface area (Å²) in [4.78, 5) is 13.2. The van der Waals surface area contributed by atoms with E-state index in [-0.39, 0.29) is 12.0 Å². The van der Waals surface area contributed by atoms with Crippen molar-refractivity contribution < 1.29 is 18.3 Å². The Bertz CT molecular complexity index is 492. The Morgan fingerprint density at radius 1 is 1.47 bits per heavy atom. The van der Waals surface area contributed by atoms with Crippen LogP contribution in [0, 0.1) is 0 Å². The van der Waals surface area contributed by atoms with Crippen LogP contribution in [0.3, 0.4) is 0 Å². The fraction of sp³-hybridized carbons (Fsp3) is 0.462. The Labute approximate surface area is 110 Å². The van der Waals surface area contributed by atoms with Gasteiger partial charge in [-0.05, 0) is 18.6 Å². The SMILES string of the molecule is COC(=O)c1cccc(N)c1N1CCCC(F)(F)C1. The second kappa shape index (κ2) is 5.03. The fourth-order valence-corrected chi connectivity index (χ4v) is 2.35. The van der Waals surface area contributed by atoms with Gasteiger partial charge in [0.2, 0.25) is 0 Å². The molecule has 0 amide bonds. The van der Waals surface area contributed by atoms with E-state index in [9.17, 15) is 13.6 Å². The molecule has 0 bridgehead atoms. The van der Waals surface area contributed by atoms with E-state index in [0.29, 0.717) is 24.3 Å². The molecule has 0 spiro atoms. The van der Waals surface area contributed by atoms with Crippen LogP contribution in [0.2, 0.25) is 0 Å². The monoisotopic (exact) mass is 270 g/mol. The molecular weight excluding hydrogens is 254 g/mol. The third-order valence-corrected chi connectivity index (χ3v) is 3.18. The summed E-state index contributed by atoms with van der Waals surface area (Å²) in [6.45, 7) is 0.0268. The van der Waals surface area contributed by atoms with Crippen LogP contribution < -0.4 is 10.6 Å². The molecule has 1 saturated heterocycles. The number of halogens is 2. The van der Waals surface area contributed by atoms with Crippen molar-refractivity contribution in [3.63, 3.8) is 0 Å². The number of nitrogens with zero attached hydrogens (tertiary/aromatic N) is 1. The van der Waals surface area contributed by atoms with Gasteiger partial charge in [0.05, 0.1) is 30.6 Å². The number of alkyl halides is 2. The predicted molar refractivity (Wildman–Crippen MR) is 68.6 cm³/mol. The molecule has 0 saturated carbocycles. The molecule has 0 aliphatic carbocycles. The van der Waals surface area contributed by atoms with E-state index in [2.05, 4.69) is 4.74 Å². The topological polar surface area (TPSA) is 55.6 Å². The number of ether oxygens (including phenoxy) is 1. The van der Waals surface area contributed by atoms with Crippen LogP contribution in [0.1, 0.15) is 23.2 Å². The minimum absolute atomic E-state index is 0.135. The average molecular weight is 270 g/mol. The molecule has 104 valence electrons. The molecule has 19 heavy (non-hydrogen) atoms. The number of nitrogens with two attached hydrogens (primary N) is 1. The van der Waals surface area contributed by atoms with Crippen molar-refractivity contribution in [2.75, 3.05) is 30.8 Å². The third kappa shape index (κ3) is 2.77. The van der Waals surface area contributed by atoms with E-state index in [4.69, 9.17) is 5.73 Å². The van der Waals surface area contributed by atoms with Gasteiger partial charge in [-0.1, -0.05) is 6.07 Å². The Morgan fingerprint density at radius 2 is 2.21 bits per heavy atom. The van der Waals surface area contributed by atoms with Gasteiger partial charge in [-0.2, -0.15) is 0 Å². The maximum Gasteiger partial charge on any atom is 0.340 e. The first-order chi connectivity index (χ1) is 8.94. The normalized spacial score (nSPS) is 18.2. The second-order valence-corrected chi connectivity index (χ2v) is 4.62. The van der Waals surface area contributed by atoms with Gasteiger partial charge in [0.25, 0.3) is 5.92 Å². The van der Waals surface area contributed by atoms with E-state index in [1.54, 1.807) is 12.1 Å². The van der Waals surface area contributed by atoms with E-state index in [1.807, 2.05) is 0 Å². The van der Waals surface area contributed by atoms with Gasteiger partial charge in [0, 0.05) is 13.0 Å². The summed E-state index contributed by atoms with van der Waals surface area (Å²) in [6, 6.07) is 4.73. The Balaban J connectivity index is 2.40. The van der Waals surface area contributed by atoms with Crippen LogP contribution in [-0.2, 0) is 4.74 Å². The number of benzene rings is 1. The summed E-state index contributed by atoms with van der Waals surface area (Å²) < 4.78 is 31.6. The molecule has 4 nitrogen and oxygen atoms in total. The zero-order valence-corrected chi connectivity index (χ0v) is 10.7. The summed E-state index contributed by atoms with van der Waals surface area (Å²) in [5, 5.41) is 0. The summed E-state index contributed by atoms with van der Waals surface area (Å²) in [7, 11) is 1.25. The first kappa shape index (κ1) is 13.6. The molecule has 1 aromatic rings. The quantitative estimate of drug-likeness (QED) is 0.661. The molecule has 0 atom stereocenters. The van der Waals surface area contributed by atoms with Gasteiger partial charge >= 0.3 is 5.97 Å². The van der Waals surface area contributed by atoms with Crippen molar-refractivity contribution in [1.29, 1.82) is 0 Å². The highest BCUT2D eigenvalue weighted by atomic mass is 19.3. The molecule has 2 N–H and O–H groups in total. The summed E-state index contributed by atoms with van der Waals surface area (Å²) in [5.41, 5.74) is 6.71. The minimum Gasteiger partial charge on any atom is -0.465 e. The number of anilines is 2. The standard InChI is InChI=1S/C13H16F2N2O2/c1-19-12(18)9-4-2-5-10(16)11(9)17-7-3-6-13(14,15)8-17/h2,4-5H,3,6-8,16H2,1H3. The van der Waals surface area contributed by atoms with Gasteiger partial charge in [-0.15, -0.1) is 0 Å². The molecule has 0 aromatic heterocycles. The van der Waals surface area contributed by atoms with Crippen LogP contribution in [-0.4, -0.2) is 32.1 Å². The molecule has 1 aromatic carbocycles. The number of esters is 1. The summed E-state index contributed by atoms with van der Waals surface area (Å²) in [6.07, 6.45) is 0.228. The van der Waals surface area contributed by atoms with Gasteiger partial charge in [0.15, 0.2) is 0 Å². The third-order valence-electron chi connectivity index (χ3n) is 3.18. The molecule has 1 heterocycles. The number of hydrogen-bond acceptors (Lipinski definition) is 4. The summed E-state index contributed by atoms with van der Waals surface area (Å²) in [5.74, 6) is -3.33. The van der Waals surface area contributed by atoms with Crippen LogP contribution >= 0.6 is 0 Å². The highest BCUT2D eigenvalue weighted by Crippen LogP contribution is 2.35. The molecule has 6 heteroatoms. The fourth-order valence-electron chi connectivity index (χ4n) is 2.35. The van der Waals surface area contributed by atoms with Crippen molar-refractivity contribution in [3.8, 4) is 0 Å². The summed E-state index contributed by atoms with van der Waals surface area (Å²) >= 11 is 0. The van der Waals surface area contributed by atoms with Crippen molar-refractivity contribution in [1.82, 2.24) is 0 Å². The van der Waals surface area contributed by atoms with E-state index < -0.39 is 18.4 Å². The largest absolute Gasteiger partial charge is 0.465 e. The molecule has 0 unspecified atom stereocenters. The highest BCUT2D eigenvalue weighted by molar-refractivity contribution is 5.99. The van der Waals surface area contributed by atoms with Crippen LogP contribution in [0.25, 0.3) is 0 Å². The Kier molecular flexibility index (Phi) is 3.59. The van der Waals surface area contributed by atoms with Crippen molar-refractivity contribution in [2.45, 2.75) is 18.8 Å². The molecule has 1 aliphatic rings. The Morgan fingerprint density at radius 3 is 2.84 bits per heavy atom. The lowest BCUT2D eigenvalue weighted by atomic mass is 10.0. The number of rotatable bonds is 2. The van der Waals surface area contributed by atoms with E-state index in [0.717, 1.165) is 0 Å². The number of carbonyl (C=O) groups excluding carboxylic acids is 1. The number of hydrogen-bond donors (Lipinski definition) is 1. The zero-order valence-electron chi connectivity index (χ0n) is 10.7. The van der Waals surface area contributed by atoms with Gasteiger partial charge in [0.1, 0.15) is 0 Å². The van der Waals surface area contributed by atoms with Gasteiger partial charge in [-0.25, -0.2) is 13.6 Å². The average Bonchev–Trinajstić information content (AvgIpc) is 2.36. The van der Waals surface area contributed by atoms with Crippen LogP contribution in [0.4, 0.5) is 20.2 Å². The molecule has 1 fully saturated rings. The van der Waals surface area contributed by atoms with E-state index >= 15 is 0 Å². The van der Waals surface area contributed by atoms with Gasteiger partial charge in [-0.3, -0.25) is 0 Å². The maximum atomic E-state index is 13.5. The second-order valence-electron chi connectivity index (χ2n) is 4.62. The molecule has 1 aliphatic heterocycles. The lowest BCUT2D eigenvalue weighted by Gasteiger charge is -2.35. The zero-order chi connectivity index (χ0) is 14.0. The number of methoxy groups -OCH3 is 1. The predicted octanol–water partition coefficient (Wildman–Crippen LogP) is 2.29. The number of piperidine rings is 1. The van der Waals surface area contributed by atoms with E-state index in [1.165, 1.54) is 18.1 Å². The molecule has 2 rings (SSSR count). The molecule has 0 radical (unpaired) electrons. The number of para-hydroxylation sites is 1. The lowest BCUT2D eigenvalue weighted by Crippen LogP contribution is -2.43. The van der Waals surface area contributed by atoms with Crippen molar-refractivity contribution in [2.24, 2.45) is 0 Å². The Hall–Kier alpha value is -1.85. The maximum absolute atomic E-state index is 13.5. The van der Waals surface area contributed by atoms with Crippen LogP contribution in [0.15, 0.2) is 18.2 Å². The minimum atomic E-state index is -2.76. The smallest absolute Gasteiger partial charge is 0.340 e. The van der Waals surface area contributed by atoms with Crippen molar-refractivity contribution in [3.05, 3.63) is 23.8 Å². The van der Waals surface area contributed by atoms with Gasteiger partial charge < -0.3 is 15.4 Å². The molecular formula is C13H16F2N2O2.